The Kier molecular flexibility index (Phi) is 4.22. The minimum atomic E-state index is 0.155. The summed E-state index contributed by atoms with van der Waals surface area (Å²) in [5.41, 5.74) is 1.83. The van der Waals surface area contributed by atoms with Gasteiger partial charge in [0.1, 0.15) is 5.69 Å². The number of hydrogen-bond acceptors (Lipinski definition) is 4. The molecule has 0 aromatic carbocycles. The molecule has 2 aromatic heterocycles. The standard InChI is InChI=1S/C15H22N6O/c1-11(2)21-9-13(7-17-21)14-10-20(19-18-14)8-12-3-4-15(22)16-6-5-12/h7,9-12H,3-6,8H2,1-2H3,(H,16,22). The molecule has 118 valence electrons. The van der Waals surface area contributed by atoms with Crippen molar-refractivity contribution in [1.29, 1.82) is 0 Å². The van der Waals surface area contributed by atoms with E-state index in [4.69, 9.17) is 0 Å². The number of carbonyl (C=O) groups is 1. The van der Waals surface area contributed by atoms with Crippen LogP contribution in [0.4, 0.5) is 0 Å². The highest BCUT2D eigenvalue weighted by molar-refractivity contribution is 5.76. The SMILES string of the molecule is CC(C)n1cc(-c2cn(CC3CCNC(=O)CC3)nn2)cn1. The van der Waals surface area contributed by atoms with Gasteiger partial charge in [-0.05, 0) is 32.6 Å². The molecule has 1 N–H and O–H groups in total. The second-order valence-corrected chi connectivity index (χ2v) is 6.17. The van der Waals surface area contributed by atoms with Gasteiger partial charge in [-0.2, -0.15) is 5.10 Å². The Morgan fingerprint density at radius 2 is 2.23 bits per heavy atom. The molecule has 0 aliphatic carbocycles. The van der Waals surface area contributed by atoms with Crippen molar-refractivity contribution in [3.8, 4) is 11.3 Å². The Labute approximate surface area is 129 Å². The second kappa shape index (κ2) is 6.29. The van der Waals surface area contributed by atoms with Crippen molar-refractivity contribution in [2.45, 2.75) is 45.7 Å². The topological polar surface area (TPSA) is 77.6 Å². The first-order valence-electron chi connectivity index (χ1n) is 7.83. The number of rotatable bonds is 4. The van der Waals surface area contributed by atoms with Crippen LogP contribution in [0, 0.1) is 5.92 Å². The predicted octanol–water partition coefficient (Wildman–Crippen LogP) is 1.64. The van der Waals surface area contributed by atoms with Gasteiger partial charge in [-0.1, -0.05) is 5.21 Å². The maximum absolute atomic E-state index is 11.4. The molecule has 1 unspecified atom stereocenters. The van der Waals surface area contributed by atoms with Crippen LogP contribution < -0.4 is 5.32 Å². The van der Waals surface area contributed by atoms with Crippen LogP contribution in [0.1, 0.15) is 39.2 Å². The van der Waals surface area contributed by atoms with E-state index in [1.807, 2.05) is 28.0 Å². The molecule has 7 heteroatoms. The number of carbonyl (C=O) groups excluding carboxylic acids is 1. The minimum absolute atomic E-state index is 0.155. The summed E-state index contributed by atoms with van der Waals surface area (Å²) in [6, 6.07) is 0.333. The van der Waals surface area contributed by atoms with Gasteiger partial charge < -0.3 is 5.32 Å². The monoisotopic (exact) mass is 302 g/mol. The van der Waals surface area contributed by atoms with E-state index in [-0.39, 0.29) is 5.91 Å². The van der Waals surface area contributed by atoms with E-state index in [0.29, 0.717) is 18.4 Å². The van der Waals surface area contributed by atoms with Crippen molar-refractivity contribution in [2.24, 2.45) is 5.92 Å². The predicted molar refractivity (Wildman–Crippen MR) is 82.0 cm³/mol. The summed E-state index contributed by atoms with van der Waals surface area (Å²) in [7, 11) is 0. The molecule has 0 radical (unpaired) electrons. The van der Waals surface area contributed by atoms with Gasteiger partial charge in [0.25, 0.3) is 0 Å². The Morgan fingerprint density at radius 1 is 1.36 bits per heavy atom. The van der Waals surface area contributed by atoms with E-state index in [2.05, 4.69) is 34.6 Å². The number of nitrogens with one attached hydrogen (secondary N) is 1. The molecule has 1 aliphatic heterocycles. The quantitative estimate of drug-likeness (QED) is 0.931. The lowest BCUT2D eigenvalue weighted by Gasteiger charge is -2.11. The molecular formula is C15H22N6O. The summed E-state index contributed by atoms with van der Waals surface area (Å²) in [6.07, 6.45) is 8.28. The summed E-state index contributed by atoms with van der Waals surface area (Å²) in [4.78, 5) is 11.4. The Bertz CT molecular complexity index is 644. The smallest absolute Gasteiger partial charge is 0.220 e. The zero-order chi connectivity index (χ0) is 15.5. The lowest BCUT2D eigenvalue weighted by atomic mass is 10.0. The highest BCUT2D eigenvalue weighted by Gasteiger charge is 2.17. The lowest BCUT2D eigenvalue weighted by molar-refractivity contribution is -0.120. The zero-order valence-electron chi connectivity index (χ0n) is 13.1. The Hall–Kier alpha value is -2.18. The van der Waals surface area contributed by atoms with E-state index in [1.165, 1.54) is 0 Å². The van der Waals surface area contributed by atoms with Gasteiger partial charge in [0, 0.05) is 37.3 Å². The van der Waals surface area contributed by atoms with Crippen LogP contribution in [0.25, 0.3) is 11.3 Å². The molecule has 1 aliphatic rings. The van der Waals surface area contributed by atoms with E-state index in [1.54, 1.807) is 0 Å². The van der Waals surface area contributed by atoms with E-state index < -0.39 is 0 Å². The summed E-state index contributed by atoms with van der Waals surface area (Å²) in [5.74, 6) is 0.620. The van der Waals surface area contributed by atoms with Crippen LogP contribution in [-0.4, -0.2) is 37.2 Å². The number of amides is 1. The second-order valence-electron chi connectivity index (χ2n) is 6.17. The molecule has 0 bridgehead atoms. The molecule has 0 saturated carbocycles. The molecule has 3 rings (SSSR count). The minimum Gasteiger partial charge on any atom is -0.356 e. The van der Waals surface area contributed by atoms with Gasteiger partial charge in [0.15, 0.2) is 0 Å². The van der Waals surface area contributed by atoms with Crippen molar-refractivity contribution in [2.75, 3.05) is 6.54 Å². The van der Waals surface area contributed by atoms with Crippen LogP contribution >= 0.6 is 0 Å². The van der Waals surface area contributed by atoms with Crippen molar-refractivity contribution in [3.63, 3.8) is 0 Å². The lowest BCUT2D eigenvalue weighted by Crippen LogP contribution is -2.21. The fraction of sp³-hybridized carbons (Fsp3) is 0.600. The molecule has 7 nitrogen and oxygen atoms in total. The highest BCUT2D eigenvalue weighted by Crippen LogP contribution is 2.19. The average Bonchev–Trinajstić information content (AvgIpc) is 3.09. The average molecular weight is 302 g/mol. The van der Waals surface area contributed by atoms with Crippen LogP contribution in [0.5, 0.6) is 0 Å². The third-order valence-electron chi connectivity index (χ3n) is 4.06. The fourth-order valence-electron chi connectivity index (χ4n) is 2.70. The van der Waals surface area contributed by atoms with Gasteiger partial charge in [0.05, 0.1) is 12.4 Å². The van der Waals surface area contributed by atoms with Crippen molar-refractivity contribution >= 4 is 5.91 Å². The first-order valence-corrected chi connectivity index (χ1v) is 7.83. The maximum atomic E-state index is 11.4. The van der Waals surface area contributed by atoms with E-state index >= 15 is 0 Å². The normalized spacial score (nSPS) is 19.2. The van der Waals surface area contributed by atoms with Crippen LogP contribution in [-0.2, 0) is 11.3 Å². The van der Waals surface area contributed by atoms with Gasteiger partial charge >= 0.3 is 0 Å². The largest absolute Gasteiger partial charge is 0.356 e. The van der Waals surface area contributed by atoms with Crippen LogP contribution in [0.2, 0.25) is 0 Å². The van der Waals surface area contributed by atoms with Gasteiger partial charge in [-0.15, -0.1) is 5.10 Å². The molecule has 2 aromatic rings. The van der Waals surface area contributed by atoms with Crippen molar-refractivity contribution in [3.05, 3.63) is 18.6 Å². The van der Waals surface area contributed by atoms with Gasteiger partial charge in [-0.25, -0.2) is 0 Å². The van der Waals surface area contributed by atoms with Crippen molar-refractivity contribution < 1.29 is 4.79 Å². The molecule has 1 atom stereocenters. The first kappa shape index (κ1) is 14.7. The summed E-state index contributed by atoms with van der Waals surface area (Å²) >= 11 is 0. The summed E-state index contributed by atoms with van der Waals surface area (Å²) < 4.78 is 3.79. The number of aromatic nitrogens is 5. The highest BCUT2D eigenvalue weighted by atomic mass is 16.1. The van der Waals surface area contributed by atoms with Gasteiger partial charge in [-0.3, -0.25) is 14.2 Å². The number of hydrogen-bond donors (Lipinski definition) is 1. The van der Waals surface area contributed by atoms with E-state index in [0.717, 1.165) is 37.2 Å². The first-order chi connectivity index (χ1) is 10.6. The summed E-state index contributed by atoms with van der Waals surface area (Å²) in [6.45, 7) is 5.75. The molecule has 1 amide bonds. The molecule has 3 heterocycles. The molecule has 22 heavy (non-hydrogen) atoms. The molecule has 0 spiro atoms. The maximum Gasteiger partial charge on any atom is 0.220 e. The van der Waals surface area contributed by atoms with Crippen LogP contribution in [0.3, 0.4) is 0 Å². The van der Waals surface area contributed by atoms with E-state index in [9.17, 15) is 4.79 Å². The van der Waals surface area contributed by atoms with Crippen LogP contribution in [0.15, 0.2) is 18.6 Å². The number of nitrogens with zero attached hydrogens (tertiary/aromatic N) is 5. The third-order valence-corrected chi connectivity index (χ3v) is 4.06. The molecular weight excluding hydrogens is 280 g/mol. The van der Waals surface area contributed by atoms with Gasteiger partial charge in [0.2, 0.25) is 5.91 Å². The Balaban J connectivity index is 1.66. The zero-order valence-corrected chi connectivity index (χ0v) is 13.1. The van der Waals surface area contributed by atoms with Crippen molar-refractivity contribution in [1.82, 2.24) is 30.1 Å². The fourth-order valence-corrected chi connectivity index (χ4v) is 2.70. The molecule has 1 saturated heterocycles. The summed E-state index contributed by atoms with van der Waals surface area (Å²) in [5, 5.41) is 15.7. The molecule has 1 fully saturated rings. The third kappa shape index (κ3) is 3.35. The Morgan fingerprint density at radius 3 is 3.00 bits per heavy atom.